The van der Waals surface area contributed by atoms with E-state index in [0.717, 1.165) is 10.5 Å². The Bertz CT molecular complexity index is 1230. The number of amides is 4. The Morgan fingerprint density at radius 2 is 1.94 bits per heavy atom. The summed E-state index contributed by atoms with van der Waals surface area (Å²) in [6.07, 6.45) is 3.05. The van der Waals surface area contributed by atoms with Crippen LogP contribution in [0.5, 0.6) is 11.5 Å². The zero-order chi connectivity index (χ0) is 24.3. The Balaban J connectivity index is 1.35. The molecule has 4 amide bonds. The van der Waals surface area contributed by atoms with E-state index in [1.807, 2.05) is 19.1 Å². The molecule has 174 valence electrons. The molecule has 1 saturated heterocycles. The topological polar surface area (TPSA) is 101 Å². The first-order valence-corrected chi connectivity index (χ1v) is 10.6. The van der Waals surface area contributed by atoms with Crippen LogP contribution in [0.15, 0.2) is 67.0 Å². The van der Waals surface area contributed by atoms with E-state index in [9.17, 15) is 18.8 Å². The number of carbonyl (C=O) groups excluding carboxylic acids is 3. The van der Waals surface area contributed by atoms with Gasteiger partial charge in [0.1, 0.15) is 17.8 Å². The maximum atomic E-state index is 14.4. The monoisotopic (exact) mass is 462 g/mol. The molecule has 1 atom stereocenters. The average molecular weight is 462 g/mol. The molecule has 8 nitrogen and oxygen atoms in total. The smallest absolute Gasteiger partial charge is 0.325 e. The Morgan fingerprint density at radius 3 is 2.62 bits per heavy atom. The molecule has 0 saturated carbocycles. The predicted octanol–water partition coefficient (Wildman–Crippen LogP) is 3.40. The van der Waals surface area contributed by atoms with Gasteiger partial charge in [0, 0.05) is 12.7 Å². The van der Waals surface area contributed by atoms with E-state index in [1.54, 1.807) is 43.5 Å². The highest BCUT2D eigenvalue weighted by Gasteiger charge is 2.49. The second kappa shape index (κ2) is 9.30. The molecule has 2 aromatic carbocycles. The van der Waals surface area contributed by atoms with Crippen molar-refractivity contribution in [2.75, 3.05) is 6.54 Å². The lowest BCUT2D eigenvalue weighted by atomic mass is 9.91. The van der Waals surface area contributed by atoms with Gasteiger partial charge in [-0.3, -0.25) is 19.5 Å². The molecule has 2 N–H and O–H groups in total. The number of imide groups is 1. The van der Waals surface area contributed by atoms with Crippen molar-refractivity contribution in [2.24, 2.45) is 0 Å². The van der Waals surface area contributed by atoms with E-state index in [2.05, 4.69) is 15.6 Å². The molecule has 1 unspecified atom stereocenters. The maximum absolute atomic E-state index is 14.4. The van der Waals surface area contributed by atoms with Crippen molar-refractivity contribution in [3.8, 4) is 11.5 Å². The second-order valence-electron chi connectivity index (χ2n) is 8.14. The fourth-order valence-electron chi connectivity index (χ4n) is 3.59. The molecule has 1 fully saturated rings. The lowest BCUT2D eigenvalue weighted by molar-refractivity contribution is -0.134. The summed E-state index contributed by atoms with van der Waals surface area (Å²) in [6, 6.07) is 14.2. The normalized spacial score (nSPS) is 17.4. The van der Waals surface area contributed by atoms with Crippen LogP contribution < -0.4 is 15.4 Å². The number of benzene rings is 2. The van der Waals surface area contributed by atoms with Crippen LogP contribution in [0, 0.1) is 12.7 Å². The molecular weight excluding hydrogens is 439 g/mol. The summed E-state index contributed by atoms with van der Waals surface area (Å²) in [6.45, 7) is 3.09. The molecule has 0 spiro atoms. The molecule has 1 aliphatic heterocycles. The fourth-order valence-corrected chi connectivity index (χ4v) is 3.59. The minimum absolute atomic E-state index is 0.0157. The fraction of sp³-hybridized carbons (Fsp3) is 0.200. The first-order valence-electron chi connectivity index (χ1n) is 10.6. The molecule has 0 aliphatic carbocycles. The minimum atomic E-state index is -1.25. The number of nitrogens with zero attached hydrogens (tertiary/aromatic N) is 2. The predicted molar refractivity (Wildman–Crippen MR) is 121 cm³/mol. The van der Waals surface area contributed by atoms with Crippen molar-refractivity contribution >= 4 is 17.8 Å². The Kier molecular flexibility index (Phi) is 6.27. The number of aromatic nitrogens is 1. The third-order valence-electron chi connectivity index (χ3n) is 5.55. The van der Waals surface area contributed by atoms with Crippen LogP contribution in [0.3, 0.4) is 0 Å². The van der Waals surface area contributed by atoms with Crippen LogP contribution in [0.1, 0.15) is 23.6 Å². The summed E-state index contributed by atoms with van der Waals surface area (Å²) in [7, 11) is 0. The molecule has 0 bridgehead atoms. The molecule has 1 aliphatic rings. The molecule has 1 aromatic heterocycles. The maximum Gasteiger partial charge on any atom is 0.325 e. The largest absolute Gasteiger partial charge is 0.453 e. The number of hydrogen-bond acceptors (Lipinski definition) is 5. The van der Waals surface area contributed by atoms with Crippen molar-refractivity contribution in [2.45, 2.75) is 25.9 Å². The van der Waals surface area contributed by atoms with Gasteiger partial charge in [0.25, 0.3) is 5.91 Å². The summed E-state index contributed by atoms with van der Waals surface area (Å²) >= 11 is 0. The number of halogens is 1. The highest BCUT2D eigenvalue weighted by atomic mass is 19.1. The van der Waals surface area contributed by atoms with Crippen molar-refractivity contribution in [3.63, 3.8) is 0 Å². The van der Waals surface area contributed by atoms with Crippen LogP contribution in [0.25, 0.3) is 0 Å². The minimum Gasteiger partial charge on any atom is -0.453 e. The highest BCUT2D eigenvalue weighted by Crippen LogP contribution is 2.29. The zero-order valence-electron chi connectivity index (χ0n) is 18.7. The number of rotatable bonds is 7. The van der Waals surface area contributed by atoms with E-state index in [0.29, 0.717) is 16.9 Å². The highest BCUT2D eigenvalue weighted by molar-refractivity contribution is 6.09. The van der Waals surface area contributed by atoms with Crippen LogP contribution >= 0.6 is 0 Å². The van der Waals surface area contributed by atoms with Crippen molar-refractivity contribution in [1.29, 1.82) is 0 Å². The Morgan fingerprint density at radius 1 is 1.18 bits per heavy atom. The Labute approximate surface area is 195 Å². The first kappa shape index (κ1) is 22.9. The second-order valence-corrected chi connectivity index (χ2v) is 8.14. The summed E-state index contributed by atoms with van der Waals surface area (Å²) < 4.78 is 19.8. The summed E-state index contributed by atoms with van der Waals surface area (Å²) in [5.74, 6) is -1.24. The number of pyridine rings is 1. The number of urea groups is 1. The number of hydrogen-bond donors (Lipinski definition) is 2. The van der Waals surface area contributed by atoms with Crippen LogP contribution in [-0.2, 0) is 21.7 Å². The molecular formula is C25H23FN4O4. The molecule has 4 rings (SSSR count). The standard InChI is InChI=1S/C25H23FN4O4/c1-16-5-8-18(9-6-16)25(2)23(32)30(24(33)29-25)15-22(31)28-13-17-7-10-21(20(26)12-17)34-19-4-3-11-27-14-19/h3-12,14H,13,15H2,1-2H3,(H,28,31)(H,29,33). The third-order valence-corrected chi connectivity index (χ3v) is 5.55. The van der Waals surface area contributed by atoms with E-state index in [1.165, 1.54) is 18.3 Å². The van der Waals surface area contributed by atoms with Gasteiger partial charge in [-0.2, -0.15) is 0 Å². The molecule has 2 heterocycles. The molecule has 34 heavy (non-hydrogen) atoms. The van der Waals surface area contributed by atoms with Gasteiger partial charge in [-0.15, -0.1) is 0 Å². The summed E-state index contributed by atoms with van der Waals surface area (Å²) in [5, 5.41) is 5.28. The number of nitrogens with one attached hydrogen (secondary N) is 2. The van der Waals surface area contributed by atoms with Crippen LogP contribution in [-0.4, -0.2) is 34.3 Å². The van der Waals surface area contributed by atoms with Gasteiger partial charge in [-0.1, -0.05) is 35.9 Å². The summed E-state index contributed by atoms with van der Waals surface area (Å²) in [5.41, 5.74) is 0.890. The zero-order valence-corrected chi connectivity index (χ0v) is 18.7. The van der Waals surface area contributed by atoms with Gasteiger partial charge in [-0.05, 0) is 49.2 Å². The molecule has 0 radical (unpaired) electrons. The van der Waals surface area contributed by atoms with Gasteiger partial charge in [-0.25, -0.2) is 9.18 Å². The SMILES string of the molecule is Cc1ccc(C2(C)NC(=O)N(CC(=O)NCc3ccc(Oc4cccnc4)c(F)c3)C2=O)cc1. The molecule has 3 aromatic rings. The lowest BCUT2D eigenvalue weighted by Gasteiger charge is -2.22. The Hall–Kier alpha value is -4.27. The number of carbonyl (C=O) groups is 3. The van der Waals surface area contributed by atoms with Crippen LogP contribution in [0.2, 0.25) is 0 Å². The number of aryl methyl sites for hydroxylation is 1. The van der Waals surface area contributed by atoms with Crippen molar-refractivity contribution in [3.05, 3.63) is 89.5 Å². The first-order chi connectivity index (χ1) is 16.3. The average Bonchev–Trinajstić information content (AvgIpc) is 3.04. The van der Waals surface area contributed by atoms with E-state index < -0.39 is 35.7 Å². The van der Waals surface area contributed by atoms with Gasteiger partial charge in [0.15, 0.2) is 11.6 Å². The van der Waals surface area contributed by atoms with Crippen LogP contribution in [0.4, 0.5) is 9.18 Å². The van der Waals surface area contributed by atoms with E-state index in [4.69, 9.17) is 4.74 Å². The lowest BCUT2D eigenvalue weighted by Crippen LogP contribution is -2.43. The number of ether oxygens (including phenoxy) is 1. The van der Waals surface area contributed by atoms with E-state index >= 15 is 0 Å². The van der Waals surface area contributed by atoms with Gasteiger partial charge in [0.05, 0.1) is 6.20 Å². The van der Waals surface area contributed by atoms with Crippen molar-refractivity contribution < 1.29 is 23.5 Å². The van der Waals surface area contributed by atoms with E-state index in [-0.39, 0.29) is 12.3 Å². The van der Waals surface area contributed by atoms with Crippen molar-refractivity contribution in [1.82, 2.24) is 20.5 Å². The van der Waals surface area contributed by atoms with Gasteiger partial charge in [0.2, 0.25) is 5.91 Å². The summed E-state index contributed by atoms with van der Waals surface area (Å²) in [4.78, 5) is 42.6. The van der Waals surface area contributed by atoms with Gasteiger partial charge >= 0.3 is 6.03 Å². The van der Waals surface area contributed by atoms with Gasteiger partial charge < -0.3 is 15.4 Å². The molecule has 9 heteroatoms. The quantitative estimate of drug-likeness (QED) is 0.524. The third kappa shape index (κ3) is 4.73.